The van der Waals surface area contributed by atoms with Crippen molar-refractivity contribution in [2.75, 3.05) is 0 Å². The van der Waals surface area contributed by atoms with E-state index in [0.29, 0.717) is 28.0 Å². The van der Waals surface area contributed by atoms with Gasteiger partial charge in [0.1, 0.15) is 17.0 Å². The number of aryl methyl sites for hydroxylation is 1. The number of carbonyl (C=O) groups excluding carboxylic acids is 1. The summed E-state index contributed by atoms with van der Waals surface area (Å²) in [6.07, 6.45) is 0.0561. The molecule has 4 aromatic carbocycles. The zero-order valence-electron chi connectivity index (χ0n) is 17.6. The van der Waals surface area contributed by atoms with Gasteiger partial charge in [0.15, 0.2) is 0 Å². The molecule has 4 aromatic rings. The molecule has 4 nitrogen and oxygen atoms in total. The maximum Gasteiger partial charge on any atom is 0.318 e. The zero-order valence-corrected chi connectivity index (χ0v) is 17.6. The van der Waals surface area contributed by atoms with Crippen LogP contribution >= 0.6 is 0 Å². The van der Waals surface area contributed by atoms with E-state index in [-0.39, 0.29) is 6.42 Å². The summed E-state index contributed by atoms with van der Waals surface area (Å²) in [7, 11) is 0. The van der Waals surface area contributed by atoms with Crippen molar-refractivity contribution in [3.8, 4) is 5.75 Å². The van der Waals surface area contributed by atoms with Crippen molar-refractivity contribution < 1.29 is 19.7 Å². The van der Waals surface area contributed by atoms with Gasteiger partial charge in [-0.15, -0.1) is 0 Å². The fraction of sp³-hybridized carbons (Fsp3) is 0.179. The van der Waals surface area contributed by atoms with Crippen LogP contribution in [0.3, 0.4) is 0 Å². The maximum atomic E-state index is 13.5. The molecule has 2 N–H and O–H groups in total. The number of ether oxygens (including phenoxy) is 1. The molecule has 3 unspecified atom stereocenters. The molecule has 0 heterocycles. The molecule has 7 rings (SSSR count). The van der Waals surface area contributed by atoms with E-state index in [0.717, 1.165) is 16.3 Å². The number of aliphatic hydroxyl groups is 2. The molecule has 0 amide bonds. The average molecular weight is 422 g/mol. The predicted molar refractivity (Wildman–Crippen MR) is 121 cm³/mol. The van der Waals surface area contributed by atoms with Gasteiger partial charge in [0.2, 0.25) is 0 Å². The molecule has 158 valence electrons. The van der Waals surface area contributed by atoms with Crippen LogP contribution < -0.4 is 4.74 Å². The fourth-order valence-corrected chi connectivity index (χ4v) is 5.56. The number of fused-ring (bicyclic) bond motifs is 2. The summed E-state index contributed by atoms with van der Waals surface area (Å²) in [6.45, 7) is 1.95. The zero-order chi connectivity index (χ0) is 22.1. The Labute approximate surface area is 185 Å². The molecule has 32 heavy (non-hydrogen) atoms. The van der Waals surface area contributed by atoms with E-state index in [4.69, 9.17) is 4.74 Å². The Hall–Kier alpha value is -3.47. The summed E-state index contributed by atoms with van der Waals surface area (Å²) >= 11 is 0. The molecule has 0 aliphatic heterocycles. The number of carbonyl (C=O) groups is 1. The van der Waals surface area contributed by atoms with Gasteiger partial charge in [0.25, 0.3) is 0 Å². The van der Waals surface area contributed by atoms with Gasteiger partial charge < -0.3 is 14.9 Å². The third kappa shape index (κ3) is 2.42. The Kier molecular flexibility index (Phi) is 3.92. The van der Waals surface area contributed by atoms with E-state index in [1.807, 2.05) is 79.7 Å². The van der Waals surface area contributed by atoms with Gasteiger partial charge >= 0.3 is 5.97 Å². The quantitative estimate of drug-likeness (QED) is 0.367. The molecule has 3 aliphatic rings. The normalized spacial score (nSPS) is 25.3. The SMILES string of the molecule is Cc1ccc2c(c1)C1(O)CC(C(=O)Oc3cccc4ccccc34)C2(O)c2ccccc21. The molecular weight excluding hydrogens is 400 g/mol. The van der Waals surface area contributed by atoms with Crippen molar-refractivity contribution in [3.05, 3.63) is 113 Å². The summed E-state index contributed by atoms with van der Waals surface area (Å²) in [6, 6.07) is 26.2. The first kappa shape index (κ1) is 19.2. The van der Waals surface area contributed by atoms with Crippen LogP contribution in [0.25, 0.3) is 10.8 Å². The highest BCUT2D eigenvalue weighted by atomic mass is 16.5. The Morgan fingerprint density at radius 3 is 2.38 bits per heavy atom. The molecule has 0 aromatic heterocycles. The largest absolute Gasteiger partial charge is 0.426 e. The lowest BCUT2D eigenvalue weighted by Gasteiger charge is -2.53. The summed E-state index contributed by atoms with van der Waals surface area (Å²) in [4.78, 5) is 13.5. The number of hydrogen-bond donors (Lipinski definition) is 2. The summed E-state index contributed by atoms with van der Waals surface area (Å²) in [5.41, 5.74) is 0.472. The van der Waals surface area contributed by atoms with E-state index >= 15 is 0 Å². The standard InChI is InChI=1S/C28H22O4/c1-17-13-14-22-23(15-17)27(30)16-24(28(22,31)21-11-5-4-10-20(21)27)26(29)32-25-12-6-8-18-7-2-3-9-19(18)25/h2-15,24,30-31H,16H2,1H3. The maximum absolute atomic E-state index is 13.5. The number of hydrogen-bond acceptors (Lipinski definition) is 4. The van der Waals surface area contributed by atoms with Crippen LogP contribution in [0, 0.1) is 12.8 Å². The highest BCUT2D eigenvalue weighted by molar-refractivity contribution is 5.91. The third-order valence-electron chi connectivity index (χ3n) is 7.06. The van der Waals surface area contributed by atoms with Gasteiger partial charge in [-0.3, -0.25) is 4.79 Å². The van der Waals surface area contributed by atoms with Crippen molar-refractivity contribution in [1.82, 2.24) is 0 Å². The monoisotopic (exact) mass is 422 g/mol. The minimum atomic E-state index is -1.58. The van der Waals surface area contributed by atoms with Crippen LogP contribution in [0.1, 0.15) is 34.2 Å². The molecule has 0 radical (unpaired) electrons. The lowest BCUT2D eigenvalue weighted by Crippen LogP contribution is -2.57. The van der Waals surface area contributed by atoms with E-state index < -0.39 is 23.1 Å². The van der Waals surface area contributed by atoms with Crippen molar-refractivity contribution >= 4 is 16.7 Å². The summed E-state index contributed by atoms with van der Waals surface area (Å²) in [5.74, 6) is -1.05. The topological polar surface area (TPSA) is 66.8 Å². The summed E-state index contributed by atoms with van der Waals surface area (Å²) in [5, 5.41) is 25.8. The average Bonchev–Trinajstić information content (AvgIpc) is 2.81. The molecular formula is C28H22O4. The number of rotatable bonds is 2. The van der Waals surface area contributed by atoms with Crippen molar-refractivity contribution in [2.45, 2.75) is 24.5 Å². The number of benzene rings is 4. The van der Waals surface area contributed by atoms with Gasteiger partial charge in [-0.1, -0.05) is 84.4 Å². The van der Waals surface area contributed by atoms with E-state index in [9.17, 15) is 15.0 Å². The minimum Gasteiger partial charge on any atom is -0.426 e. The van der Waals surface area contributed by atoms with Gasteiger partial charge in [-0.05, 0) is 40.6 Å². The molecule has 0 fully saturated rings. The van der Waals surface area contributed by atoms with E-state index in [1.54, 1.807) is 12.1 Å². The Morgan fingerprint density at radius 1 is 0.844 bits per heavy atom. The first-order valence-corrected chi connectivity index (χ1v) is 10.8. The van der Waals surface area contributed by atoms with Crippen LogP contribution in [0.15, 0.2) is 84.9 Å². The second kappa shape index (κ2) is 6.52. The van der Waals surface area contributed by atoms with Crippen molar-refractivity contribution in [1.29, 1.82) is 0 Å². The second-order valence-corrected chi connectivity index (χ2v) is 8.88. The van der Waals surface area contributed by atoms with E-state index in [2.05, 4.69) is 0 Å². The molecule has 2 bridgehead atoms. The summed E-state index contributed by atoms with van der Waals surface area (Å²) < 4.78 is 5.87. The van der Waals surface area contributed by atoms with Crippen LogP contribution in [0.4, 0.5) is 0 Å². The highest BCUT2D eigenvalue weighted by Crippen LogP contribution is 2.60. The van der Waals surface area contributed by atoms with Crippen molar-refractivity contribution in [3.63, 3.8) is 0 Å². The van der Waals surface area contributed by atoms with Crippen LogP contribution in [-0.2, 0) is 16.0 Å². The molecule has 0 spiro atoms. The first-order chi connectivity index (χ1) is 15.4. The van der Waals surface area contributed by atoms with Crippen LogP contribution in [-0.4, -0.2) is 16.2 Å². The number of esters is 1. The molecule has 3 atom stereocenters. The smallest absolute Gasteiger partial charge is 0.318 e. The van der Waals surface area contributed by atoms with Gasteiger partial charge in [0, 0.05) is 11.8 Å². The molecule has 0 saturated heterocycles. The van der Waals surface area contributed by atoms with Gasteiger partial charge in [-0.25, -0.2) is 0 Å². The first-order valence-electron chi connectivity index (χ1n) is 10.8. The third-order valence-corrected chi connectivity index (χ3v) is 7.06. The Bertz CT molecular complexity index is 1400. The molecule has 4 heteroatoms. The lowest BCUT2D eigenvalue weighted by atomic mass is 9.54. The molecule has 0 saturated carbocycles. The fourth-order valence-electron chi connectivity index (χ4n) is 5.56. The van der Waals surface area contributed by atoms with Gasteiger partial charge in [0.05, 0.1) is 5.92 Å². The van der Waals surface area contributed by atoms with E-state index in [1.165, 1.54) is 0 Å². The highest BCUT2D eigenvalue weighted by Gasteiger charge is 2.62. The predicted octanol–water partition coefficient (Wildman–Crippen LogP) is 4.56. The van der Waals surface area contributed by atoms with Gasteiger partial charge in [-0.2, -0.15) is 0 Å². The molecule has 3 aliphatic carbocycles. The van der Waals surface area contributed by atoms with Crippen LogP contribution in [0.2, 0.25) is 0 Å². The minimum absolute atomic E-state index is 0.0561. The van der Waals surface area contributed by atoms with Crippen LogP contribution in [0.5, 0.6) is 5.75 Å². The second-order valence-electron chi connectivity index (χ2n) is 8.88. The Balaban J connectivity index is 1.50. The lowest BCUT2D eigenvalue weighted by molar-refractivity contribution is -0.157. The Morgan fingerprint density at radius 2 is 1.53 bits per heavy atom. The van der Waals surface area contributed by atoms with Crippen molar-refractivity contribution in [2.24, 2.45) is 5.92 Å².